The van der Waals surface area contributed by atoms with E-state index in [-0.39, 0.29) is 5.56 Å². The van der Waals surface area contributed by atoms with Crippen LogP contribution in [0, 0.1) is 6.92 Å². The Morgan fingerprint density at radius 2 is 1.91 bits per heavy atom. The van der Waals surface area contributed by atoms with Gasteiger partial charge in [0, 0.05) is 5.56 Å². The predicted molar refractivity (Wildman–Crippen MR) is 126 cm³/mol. The number of benzene rings is 1. The number of rotatable bonds is 13. The van der Waals surface area contributed by atoms with Crippen LogP contribution in [0.5, 0.6) is 0 Å². The quantitative estimate of drug-likeness (QED) is 0.220. The second-order valence-electron chi connectivity index (χ2n) is 7.45. The molecule has 0 unspecified atom stereocenters. The third-order valence-corrected chi connectivity index (χ3v) is 5.67. The predicted octanol–water partition coefficient (Wildman–Crippen LogP) is 1.13. The third kappa shape index (κ3) is 7.37. The molecular weight excluding hydrogens is 431 g/mol. The van der Waals surface area contributed by atoms with Gasteiger partial charge >= 0.3 is 7.12 Å². The molecule has 32 heavy (non-hydrogen) atoms. The number of amides is 2. The zero-order chi connectivity index (χ0) is 23.5. The van der Waals surface area contributed by atoms with Crippen molar-refractivity contribution in [2.45, 2.75) is 44.6 Å². The number of hydrogen-bond acceptors (Lipinski definition) is 8. The number of nitrogens with one attached hydrogen (secondary N) is 2. The van der Waals surface area contributed by atoms with Gasteiger partial charge in [0.25, 0.3) is 5.91 Å². The van der Waals surface area contributed by atoms with Crippen LogP contribution in [-0.4, -0.2) is 64.7 Å². The zero-order valence-electron chi connectivity index (χ0n) is 18.4. The summed E-state index contributed by atoms with van der Waals surface area (Å²) < 4.78 is 5.26. The molecule has 2 atom stereocenters. The fourth-order valence-electron chi connectivity index (χ4n) is 3.25. The van der Waals surface area contributed by atoms with E-state index in [0.29, 0.717) is 49.4 Å². The van der Waals surface area contributed by atoms with Crippen LogP contribution in [0.15, 0.2) is 34.9 Å². The number of nitrogens with zero attached hydrogens (tertiary/aromatic N) is 1. The van der Waals surface area contributed by atoms with Crippen LogP contribution in [0.3, 0.4) is 0 Å². The first kappa shape index (κ1) is 25.9. The number of carbonyl (C=O) groups is 2. The minimum atomic E-state index is -1.70. The Morgan fingerprint density at radius 1 is 1.19 bits per heavy atom. The number of carbonyl (C=O) groups excluding carboxylic acids is 2. The fourth-order valence-corrected chi connectivity index (χ4v) is 3.74. The minimum absolute atomic E-state index is 0.258. The lowest BCUT2D eigenvalue weighted by Crippen LogP contribution is -2.54. The van der Waals surface area contributed by atoms with Gasteiger partial charge in [0.2, 0.25) is 5.91 Å². The Labute approximate surface area is 192 Å². The number of aromatic nitrogens is 1. The summed E-state index contributed by atoms with van der Waals surface area (Å²) in [5, 5.41) is 28.7. The zero-order valence-corrected chi connectivity index (χ0v) is 19.2. The summed E-state index contributed by atoms with van der Waals surface area (Å²) in [5.41, 5.74) is 6.95. The van der Waals surface area contributed by atoms with Crippen molar-refractivity contribution in [2.75, 3.05) is 18.6 Å². The van der Waals surface area contributed by atoms with Crippen molar-refractivity contribution < 1.29 is 24.2 Å². The minimum Gasteiger partial charge on any atom is -0.426 e. The fraction of sp³-hybridized carbons (Fsp3) is 0.476. The molecular formula is C21H31BN4O5S. The maximum atomic E-state index is 13.1. The van der Waals surface area contributed by atoms with Gasteiger partial charge in [-0.15, -0.1) is 0 Å². The molecule has 0 fully saturated rings. The summed E-state index contributed by atoms with van der Waals surface area (Å²) in [5.74, 6) is -0.814. The molecule has 11 heteroatoms. The van der Waals surface area contributed by atoms with Gasteiger partial charge in [-0.05, 0) is 51.2 Å². The van der Waals surface area contributed by atoms with Crippen LogP contribution < -0.4 is 16.4 Å². The second kappa shape index (κ2) is 13.3. The average Bonchev–Trinajstić information content (AvgIpc) is 3.17. The lowest BCUT2D eigenvalue weighted by atomic mass is 9.77. The molecule has 2 aromatic rings. The Bertz CT molecular complexity index is 865. The van der Waals surface area contributed by atoms with Crippen molar-refractivity contribution in [1.82, 2.24) is 15.8 Å². The van der Waals surface area contributed by atoms with Crippen molar-refractivity contribution in [3.8, 4) is 11.3 Å². The van der Waals surface area contributed by atoms with Gasteiger partial charge in [0.05, 0.1) is 5.94 Å². The lowest BCUT2D eigenvalue weighted by Gasteiger charge is -2.23. The Hall–Kier alpha value is -2.34. The van der Waals surface area contributed by atoms with Gasteiger partial charge in [-0.2, -0.15) is 11.8 Å². The summed E-state index contributed by atoms with van der Waals surface area (Å²) in [6.45, 7) is 2.11. The lowest BCUT2D eigenvalue weighted by molar-refractivity contribution is -0.123. The van der Waals surface area contributed by atoms with Gasteiger partial charge in [0.1, 0.15) is 23.1 Å². The first-order valence-electron chi connectivity index (χ1n) is 10.6. The SMILES string of the molecule is CSCC[C@H](NC(=O)[C@H](CCCCN)NC(=O)c1c(-c2ccccc2)noc1C)B(O)O. The largest absolute Gasteiger partial charge is 0.475 e. The number of thioether (sulfide) groups is 1. The molecule has 0 saturated carbocycles. The smallest absolute Gasteiger partial charge is 0.426 e. The first-order chi connectivity index (χ1) is 15.4. The molecule has 0 bridgehead atoms. The van der Waals surface area contributed by atoms with Crippen LogP contribution in [0.25, 0.3) is 11.3 Å². The highest BCUT2D eigenvalue weighted by molar-refractivity contribution is 7.98. The molecule has 2 amide bonds. The molecule has 6 N–H and O–H groups in total. The number of aryl methyl sites for hydroxylation is 1. The second-order valence-corrected chi connectivity index (χ2v) is 8.43. The van der Waals surface area contributed by atoms with Crippen molar-refractivity contribution in [3.05, 3.63) is 41.7 Å². The Balaban J connectivity index is 2.20. The van der Waals surface area contributed by atoms with E-state index < -0.39 is 30.9 Å². The van der Waals surface area contributed by atoms with Crippen LogP contribution in [0.4, 0.5) is 0 Å². The van der Waals surface area contributed by atoms with E-state index >= 15 is 0 Å². The average molecular weight is 462 g/mol. The van der Waals surface area contributed by atoms with Gasteiger partial charge < -0.3 is 30.9 Å². The van der Waals surface area contributed by atoms with E-state index in [0.717, 1.165) is 5.56 Å². The highest BCUT2D eigenvalue weighted by Crippen LogP contribution is 2.25. The highest BCUT2D eigenvalue weighted by Gasteiger charge is 2.30. The van der Waals surface area contributed by atoms with Gasteiger partial charge in [0.15, 0.2) is 0 Å². The molecule has 174 valence electrons. The number of unbranched alkanes of at least 4 members (excludes halogenated alkanes) is 1. The number of hydrogen-bond donors (Lipinski definition) is 5. The van der Waals surface area contributed by atoms with Gasteiger partial charge in [-0.25, -0.2) is 0 Å². The molecule has 0 aliphatic carbocycles. The molecule has 0 radical (unpaired) electrons. The van der Waals surface area contributed by atoms with Crippen LogP contribution in [0.2, 0.25) is 0 Å². The number of nitrogens with two attached hydrogens (primary N) is 1. The maximum absolute atomic E-state index is 13.1. The summed E-state index contributed by atoms with van der Waals surface area (Å²) >= 11 is 1.54. The van der Waals surface area contributed by atoms with Gasteiger partial charge in [-0.3, -0.25) is 9.59 Å². The molecule has 2 rings (SSSR count). The molecule has 1 aromatic carbocycles. The van der Waals surface area contributed by atoms with E-state index in [1.807, 2.05) is 36.6 Å². The van der Waals surface area contributed by atoms with Gasteiger partial charge in [-0.1, -0.05) is 35.5 Å². The van der Waals surface area contributed by atoms with E-state index in [2.05, 4.69) is 15.8 Å². The first-order valence-corrected chi connectivity index (χ1v) is 12.0. The van der Waals surface area contributed by atoms with Crippen LogP contribution in [0.1, 0.15) is 41.8 Å². The van der Waals surface area contributed by atoms with E-state index in [1.165, 1.54) is 11.8 Å². The molecule has 0 spiro atoms. The topological polar surface area (TPSA) is 151 Å². The van der Waals surface area contributed by atoms with E-state index in [9.17, 15) is 19.6 Å². The van der Waals surface area contributed by atoms with Crippen molar-refractivity contribution in [1.29, 1.82) is 0 Å². The maximum Gasteiger partial charge on any atom is 0.475 e. The highest BCUT2D eigenvalue weighted by atomic mass is 32.2. The summed E-state index contributed by atoms with van der Waals surface area (Å²) in [6.07, 6.45) is 3.96. The molecule has 1 heterocycles. The van der Waals surface area contributed by atoms with E-state index in [4.69, 9.17) is 10.3 Å². The Kier molecular flexibility index (Phi) is 10.7. The van der Waals surface area contributed by atoms with Crippen molar-refractivity contribution >= 4 is 30.7 Å². The van der Waals surface area contributed by atoms with E-state index in [1.54, 1.807) is 6.92 Å². The molecule has 0 aliphatic heterocycles. The normalized spacial score (nSPS) is 12.8. The van der Waals surface area contributed by atoms with Crippen molar-refractivity contribution in [3.63, 3.8) is 0 Å². The standard InChI is InChI=1S/C21H31BN4O5S/c1-14-18(19(26-31-14)15-8-4-3-5-9-15)21(28)24-16(10-6-7-12-23)20(27)25-17(22(29)30)11-13-32-2/h3-5,8-9,16-17,29-30H,6-7,10-13,23H2,1-2H3,(H,24,28)(H,25,27)/t16-,17-/m0/s1. The molecule has 1 aromatic heterocycles. The third-order valence-electron chi connectivity index (χ3n) is 5.03. The van der Waals surface area contributed by atoms with Crippen LogP contribution >= 0.6 is 11.8 Å². The summed E-state index contributed by atoms with van der Waals surface area (Å²) in [7, 11) is -1.70. The van der Waals surface area contributed by atoms with Crippen LogP contribution in [-0.2, 0) is 4.79 Å². The molecule has 0 aliphatic rings. The molecule has 0 saturated heterocycles. The molecule has 9 nitrogen and oxygen atoms in total. The Morgan fingerprint density at radius 3 is 2.53 bits per heavy atom. The summed E-state index contributed by atoms with van der Waals surface area (Å²) in [4.78, 5) is 26.1. The summed E-state index contributed by atoms with van der Waals surface area (Å²) in [6, 6.07) is 8.29. The monoisotopic (exact) mass is 462 g/mol. The van der Waals surface area contributed by atoms with Crippen molar-refractivity contribution in [2.24, 2.45) is 5.73 Å².